The molecule has 0 aliphatic carbocycles. The largest absolute Gasteiger partial charge is 0.472 e. The van der Waals surface area contributed by atoms with E-state index < -0.39 is 0 Å². The second kappa shape index (κ2) is 3.49. The summed E-state index contributed by atoms with van der Waals surface area (Å²) in [7, 11) is 1.93. The first-order chi connectivity index (χ1) is 8.29. The lowest BCUT2D eigenvalue weighted by atomic mass is 10.2. The highest BCUT2D eigenvalue weighted by molar-refractivity contribution is 5.81. The summed E-state index contributed by atoms with van der Waals surface area (Å²) < 4.78 is 7.02. The maximum atomic E-state index is 8.88. The van der Waals surface area contributed by atoms with Crippen LogP contribution in [0.15, 0.2) is 41.2 Å². The molecule has 0 saturated heterocycles. The molecule has 17 heavy (non-hydrogen) atoms. The van der Waals surface area contributed by atoms with E-state index >= 15 is 0 Å². The van der Waals surface area contributed by atoms with E-state index in [0.29, 0.717) is 5.56 Å². The van der Waals surface area contributed by atoms with E-state index in [1.165, 1.54) is 0 Å². The van der Waals surface area contributed by atoms with Crippen molar-refractivity contribution < 1.29 is 4.42 Å². The van der Waals surface area contributed by atoms with Crippen LogP contribution in [-0.4, -0.2) is 9.55 Å². The highest BCUT2D eigenvalue weighted by Gasteiger charge is 2.10. The summed E-state index contributed by atoms with van der Waals surface area (Å²) in [4.78, 5) is 4.52. The zero-order chi connectivity index (χ0) is 11.8. The van der Waals surface area contributed by atoms with Gasteiger partial charge in [0.25, 0.3) is 0 Å². The number of benzene rings is 1. The molecular formula is C13H9N3O. The number of nitrogens with zero attached hydrogens (tertiary/aromatic N) is 3. The van der Waals surface area contributed by atoms with Gasteiger partial charge in [-0.1, -0.05) is 0 Å². The standard InChI is InChI=1S/C13H9N3O/c1-16-12-6-9(7-14)2-3-11(12)15-13(16)10-4-5-17-8-10/h2-6,8H,1H3. The molecule has 0 aliphatic rings. The highest BCUT2D eigenvalue weighted by atomic mass is 16.3. The van der Waals surface area contributed by atoms with Gasteiger partial charge in [-0.05, 0) is 24.3 Å². The maximum Gasteiger partial charge on any atom is 0.144 e. The molecule has 0 bridgehead atoms. The number of imidazole rings is 1. The van der Waals surface area contributed by atoms with Gasteiger partial charge in [0, 0.05) is 7.05 Å². The van der Waals surface area contributed by atoms with Gasteiger partial charge >= 0.3 is 0 Å². The number of hydrogen-bond acceptors (Lipinski definition) is 3. The van der Waals surface area contributed by atoms with E-state index in [1.54, 1.807) is 18.6 Å². The van der Waals surface area contributed by atoms with Crippen molar-refractivity contribution >= 4 is 11.0 Å². The molecule has 4 heteroatoms. The van der Waals surface area contributed by atoms with Crippen LogP contribution in [0.25, 0.3) is 22.4 Å². The summed E-state index contributed by atoms with van der Waals surface area (Å²) in [5.41, 5.74) is 3.39. The van der Waals surface area contributed by atoms with E-state index in [2.05, 4.69) is 11.1 Å². The minimum atomic E-state index is 0.638. The quantitative estimate of drug-likeness (QED) is 0.637. The third-order valence-corrected chi connectivity index (χ3v) is 2.79. The second-order valence-electron chi connectivity index (χ2n) is 3.82. The summed E-state index contributed by atoms with van der Waals surface area (Å²) in [5, 5.41) is 8.88. The molecule has 2 heterocycles. The van der Waals surface area contributed by atoms with Crippen LogP contribution in [0, 0.1) is 11.3 Å². The van der Waals surface area contributed by atoms with Crippen molar-refractivity contribution in [2.24, 2.45) is 7.05 Å². The van der Waals surface area contributed by atoms with Gasteiger partial charge in [-0.25, -0.2) is 4.98 Å². The molecule has 82 valence electrons. The van der Waals surface area contributed by atoms with Crippen LogP contribution in [0.2, 0.25) is 0 Å². The van der Waals surface area contributed by atoms with E-state index in [1.807, 2.05) is 29.8 Å². The Bertz CT molecular complexity index is 717. The molecule has 0 N–H and O–H groups in total. The Morgan fingerprint density at radius 1 is 1.35 bits per heavy atom. The highest BCUT2D eigenvalue weighted by Crippen LogP contribution is 2.24. The van der Waals surface area contributed by atoms with Crippen LogP contribution in [0.4, 0.5) is 0 Å². The van der Waals surface area contributed by atoms with E-state index in [9.17, 15) is 0 Å². The Kier molecular flexibility index (Phi) is 1.99. The summed E-state index contributed by atoms with van der Waals surface area (Å²) >= 11 is 0. The van der Waals surface area contributed by atoms with Gasteiger partial charge in [0.2, 0.25) is 0 Å². The normalized spacial score (nSPS) is 10.6. The molecule has 2 aromatic heterocycles. The number of fused-ring (bicyclic) bond motifs is 1. The van der Waals surface area contributed by atoms with Gasteiger partial charge in [0.05, 0.1) is 34.5 Å². The zero-order valence-electron chi connectivity index (χ0n) is 9.21. The third-order valence-electron chi connectivity index (χ3n) is 2.79. The van der Waals surface area contributed by atoms with Gasteiger partial charge in [-0.15, -0.1) is 0 Å². The molecular weight excluding hydrogens is 214 g/mol. The van der Waals surface area contributed by atoms with Crippen molar-refractivity contribution in [3.63, 3.8) is 0 Å². The van der Waals surface area contributed by atoms with Crippen LogP contribution < -0.4 is 0 Å². The van der Waals surface area contributed by atoms with Gasteiger partial charge in [-0.2, -0.15) is 5.26 Å². The van der Waals surface area contributed by atoms with Crippen molar-refractivity contribution in [2.45, 2.75) is 0 Å². The maximum absolute atomic E-state index is 8.88. The monoisotopic (exact) mass is 223 g/mol. The van der Waals surface area contributed by atoms with Crippen molar-refractivity contribution in [3.05, 3.63) is 42.4 Å². The fraction of sp³-hybridized carbons (Fsp3) is 0.0769. The summed E-state index contributed by atoms with van der Waals surface area (Å²) in [6, 6.07) is 9.47. The van der Waals surface area contributed by atoms with Crippen molar-refractivity contribution in [1.29, 1.82) is 5.26 Å². The summed E-state index contributed by atoms with van der Waals surface area (Å²) in [6.07, 6.45) is 3.28. The average molecular weight is 223 g/mol. The minimum Gasteiger partial charge on any atom is -0.472 e. The predicted octanol–water partition coefficient (Wildman–Crippen LogP) is 2.70. The number of hydrogen-bond donors (Lipinski definition) is 0. The molecule has 0 amide bonds. The molecule has 3 aromatic rings. The van der Waals surface area contributed by atoms with Crippen LogP contribution in [0.5, 0.6) is 0 Å². The lowest BCUT2D eigenvalue weighted by Crippen LogP contribution is -1.91. The van der Waals surface area contributed by atoms with E-state index in [4.69, 9.17) is 9.68 Å². The molecule has 0 aliphatic heterocycles. The molecule has 0 atom stereocenters. The van der Waals surface area contributed by atoms with Crippen molar-refractivity contribution in [3.8, 4) is 17.5 Å². The van der Waals surface area contributed by atoms with Crippen LogP contribution in [0.3, 0.4) is 0 Å². The Labute approximate surface area is 97.7 Å². The topological polar surface area (TPSA) is 54.8 Å². The Balaban J connectivity index is 2.30. The number of furan rings is 1. The SMILES string of the molecule is Cn1c(-c2ccoc2)nc2ccc(C#N)cc21. The van der Waals surface area contributed by atoms with Crippen LogP contribution >= 0.6 is 0 Å². The fourth-order valence-electron chi connectivity index (χ4n) is 1.91. The minimum absolute atomic E-state index is 0.638. The summed E-state index contributed by atoms with van der Waals surface area (Å²) in [6.45, 7) is 0. The third kappa shape index (κ3) is 1.41. The molecule has 0 fully saturated rings. The first-order valence-electron chi connectivity index (χ1n) is 5.19. The Hall–Kier alpha value is -2.54. The van der Waals surface area contributed by atoms with Crippen LogP contribution in [0.1, 0.15) is 5.56 Å². The second-order valence-corrected chi connectivity index (χ2v) is 3.82. The summed E-state index contributed by atoms with van der Waals surface area (Å²) in [5.74, 6) is 0.837. The average Bonchev–Trinajstić information content (AvgIpc) is 2.97. The first kappa shape index (κ1) is 9.67. The molecule has 3 rings (SSSR count). The number of aromatic nitrogens is 2. The van der Waals surface area contributed by atoms with Crippen molar-refractivity contribution in [1.82, 2.24) is 9.55 Å². The van der Waals surface area contributed by atoms with Gasteiger partial charge in [0.1, 0.15) is 12.1 Å². The lowest BCUT2D eigenvalue weighted by Gasteiger charge is -1.98. The first-order valence-corrected chi connectivity index (χ1v) is 5.19. The van der Waals surface area contributed by atoms with Gasteiger partial charge < -0.3 is 8.98 Å². The van der Waals surface area contributed by atoms with E-state index in [-0.39, 0.29) is 0 Å². The fourth-order valence-corrected chi connectivity index (χ4v) is 1.91. The Morgan fingerprint density at radius 3 is 2.94 bits per heavy atom. The lowest BCUT2D eigenvalue weighted by molar-refractivity contribution is 0.567. The van der Waals surface area contributed by atoms with Crippen LogP contribution in [-0.2, 0) is 7.05 Å². The molecule has 0 unspecified atom stereocenters. The number of nitriles is 1. The smallest absolute Gasteiger partial charge is 0.144 e. The predicted molar refractivity (Wildman–Crippen MR) is 63.1 cm³/mol. The van der Waals surface area contributed by atoms with Gasteiger partial charge in [0.15, 0.2) is 0 Å². The van der Waals surface area contributed by atoms with Crippen molar-refractivity contribution in [2.75, 3.05) is 0 Å². The number of rotatable bonds is 1. The zero-order valence-corrected chi connectivity index (χ0v) is 9.21. The number of aryl methyl sites for hydroxylation is 1. The molecule has 0 radical (unpaired) electrons. The molecule has 0 spiro atoms. The molecule has 4 nitrogen and oxygen atoms in total. The molecule has 1 aromatic carbocycles. The Morgan fingerprint density at radius 2 is 2.24 bits per heavy atom. The van der Waals surface area contributed by atoms with E-state index in [0.717, 1.165) is 22.4 Å². The molecule has 0 saturated carbocycles. The van der Waals surface area contributed by atoms with Gasteiger partial charge in [-0.3, -0.25) is 0 Å².